The van der Waals surface area contributed by atoms with Crippen molar-refractivity contribution in [3.8, 4) is 5.75 Å². The standard InChI is InChI=1S/C15H21NO3/c1-15(2)11(14(17)19-4)9-10-16(15)12-7-5-6-8-13(12)18-3/h5-8,11H,9-10H2,1-4H3. The molecule has 1 aromatic rings. The molecule has 1 fully saturated rings. The van der Waals surface area contributed by atoms with Crippen LogP contribution in [-0.2, 0) is 9.53 Å². The first-order valence-corrected chi connectivity index (χ1v) is 6.51. The molecule has 0 N–H and O–H groups in total. The molecular formula is C15H21NO3. The topological polar surface area (TPSA) is 38.8 Å². The number of carbonyl (C=O) groups excluding carboxylic acids is 1. The van der Waals surface area contributed by atoms with E-state index in [1.807, 2.05) is 24.3 Å². The Balaban J connectivity index is 2.34. The molecule has 1 heterocycles. The summed E-state index contributed by atoms with van der Waals surface area (Å²) in [7, 11) is 3.11. The molecule has 0 saturated carbocycles. The smallest absolute Gasteiger partial charge is 0.311 e. The van der Waals surface area contributed by atoms with Crippen molar-refractivity contribution in [2.45, 2.75) is 25.8 Å². The molecule has 0 spiro atoms. The summed E-state index contributed by atoms with van der Waals surface area (Å²) in [5.41, 5.74) is 0.753. The van der Waals surface area contributed by atoms with Gasteiger partial charge < -0.3 is 14.4 Å². The molecular weight excluding hydrogens is 242 g/mol. The number of benzene rings is 1. The number of hydrogen-bond donors (Lipinski definition) is 0. The zero-order valence-electron chi connectivity index (χ0n) is 12.0. The third-order valence-electron chi connectivity index (χ3n) is 4.05. The van der Waals surface area contributed by atoms with E-state index in [1.54, 1.807) is 7.11 Å². The molecule has 1 aliphatic heterocycles. The Morgan fingerprint density at radius 2 is 2.00 bits per heavy atom. The zero-order valence-corrected chi connectivity index (χ0v) is 12.0. The summed E-state index contributed by atoms with van der Waals surface area (Å²) in [5, 5.41) is 0. The van der Waals surface area contributed by atoms with Crippen LogP contribution in [-0.4, -0.2) is 32.3 Å². The Bertz CT molecular complexity index is 470. The highest BCUT2D eigenvalue weighted by Crippen LogP contribution is 2.42. The van der Waals surface area contributed by atoms with Crippen molar-refractivity contribution in [3.63, 3.8) is 0 Å². The Labute approximate surface area is 114 Å². The number of ether oxygens (including phenoxy) is 2. The fourth-order valence-electron chi connectivity index (χ4n) is 2.92. The first kappa shape index (κ1) is 13.7. The van der Waals surface area contributed by atoms with Crippen LogP contribution in [0.25, 0.3) is 0 Å². The van der Waals surface area contributed by atoms with Gasteiger partial charge in [-0.05, 0) is 32.4 Å². The number of hydrogen-bond acceptors (Lipinski definition) is 4. The van der Waals surface area contributed by atoms with Gasteiger partial charge in [0.2, 0.25) is 0 Å². The van der Waals surface area contributed by atoms with E-state index in [0.29, 0.717) is 0 Å². The Hall–Kier alpha value is -1.71. The van der Waals surface area contributed by atoms with E-state index in [-0.39, 0.29) is 17.4 Å². The summed E-state index contributed by atoms with van der Waals surface area (Å²) >= 11 is 0. The van der Waals surface area contributed by atoms with Gasteiger partial charge in [-0.1, -0.05) is 12.1 Å². The molecule has 104 valence electrons. The minimum absolute atomic E-state index is 0.109. The zero-order chi connectivity index (χ0) is 14.0. The molecule has 4 nitrogen and oxygen atoms in total. The number of anilines is 1. The number of nitrogens with zero attached hydrogens (tertiary/aromatic N) is 1. The van der Waals surface area contributed by atoms with Gasteiger partial charge >= 0.3 is 5.97 Å². The van der Waals surface area contributed by atoms with Gasteiger partial charge in [-0.3, -0.25) is 4.79 Å². The number of para-hydroxylation sites is 2. The van der Waals surface area contributed by atoms with Crippen molar-refractivity contribution in [1.82, 2.24) is 0 Å². The van der Waals surface area contributed by atoms with Gasteiger partial charge in [0.05, 0.1) is 25.8 Å². The van der Waals surface area contributed by atoms with Crippen molar-refractivity contribution < 1.29 is 14.3 Å². The minimum atomic E-state index is -0.276. The molecule has 1 saturated heterocycles. The molecule has 4 heteroatoms. The lowest BCUT2D eigenvalue weighted by Crippen LogP contribution is -2.45. The van der Waals surface area contributed by atoms with Crippen molar-refractivity contribution in [1.29, 1.82) is 0 Å². The number of esters is 1. The quantitative estimate of drug-likeness (QED) is 0.785. The number of carbonyl (C=O) groups is 1. The van der Waals surface area contributed by atoms with Crippen LogP contribution in [0.3, 0.4) is 0 Å². The lowest BCUT2D eigenvalue weighted by Gasteiger charge is -2.37. The molecule has 1 aromatic carbocycles. The van der Waals surface area contributed by atoms with Crippen LogP contribution in [0.1, 0.15) is 20.3 Å². The summed E-state index contributed by atoms with van der Waals surface area (Å²) in [6.07, 6.45) is 0.803. The maximum Gasteiger partial charge on any atom is 0.311 e. The van der Waals surface area contributed by atoms with Crippen molar-refractivity contribution in [3.05, 3.63) is 24.3 Å². The van der Waals surface area contributed by atoms with Crippen LogP contribution in [0.15, 0.2) is 24.3 Å². The molecule has 1 atom stereocenters. The van der Waals surface area contributed by atoms with Crippen LogP contribution >= 0.6 is 0 Å². The van der Waals surface area contributed by atoms with Gasteiger partial charge in [-0.25, -0.2) is 0 Å². The minimum Gasteiger partial charge on any atom is -0.495 e. The Kier molecular flexibility index (Phi) is 3.69. The van der Waals surface area contributed by atoms with Gasteiger partial charge in [-0.15, -0.1) is 0 Å². The monoisotopic (exact) mass is 263 g/mol. The fourth-order valence-corrected chi connectivity index (χ4v) is 2.92. The highest BCUT2D eigenvalue weighted by atomic mass is 16.5. The third-order valence-corrected chi connectivity index (χ3v) is 4.05. The first-order valence-electron chi connectivity index (χ1n) is 6.51. The van der Waals surface area contributed by atoms with Crippen LogP contribution in [0.5, 0.6) is 5.75 Å². The van der Waals surface area contributed by atoms with E-state index >= 15 is 0 Å². The molecule has 0 bridgehead atoms. The molecule has 1 unspecified atom stereocenters. The lowest BCUT2D eigenvalue weighted by atomic mass is 9.88. The van der Waals surface area contributed by atoms with Crippen LogP contribution < -0.4 is 9.64 Å². The van der Waals surface area contributed by atoms with Gasteiger partial charge in [0.15, 0.2) is 0 Å². The summed E-state index contributed by atoms with van der Waals surface area (Å²) in [6.45, 7) is 4.98. The molecule has 0 amide bonds. The summed E-state index contributed by atoms with van der Waals surface area (Å²) in [5.74, 6) is 0.589. The second kappa shape index (κ2) is 5.11. The van der Waals surface area contributed by atoms with E-state index in [0.717, 1.165) is 24.4 Å². The van der Waals surface area contributed by atoms with E-state index in [9.17, 15) is 4.79 Å². The van der Waals surface area contributed by atoms with Crippen LogP contribution in [0.2, 0.25) is 0 Å². The summed E-state index contributed by atoms with van der Waals surface area (Å²) < 4.78 is 10.3. The summed E-state index contributed by atoms with van der Waals surface area (Å²) in [6, 6.07) is 7.90. The first-order chi connectivity index (χ1) is 9.02. The molecule has 0 aromatic heterocycles. The Morgan fingerprint density at radius 1 is 1.32 bits per heavy atom. The second-order valence-electron chi connectivity index (χ2n) is 5.34. The van der Waals surface area contributed by atoms with Crippen molar-refractivity contribution >= 4 is 11.7 Å². The highest BCUT2D eigenvalue weighted by Gasteiger charge is 2.46. The predicted octanol–water partition coefficient (Wildman–Crippen LogP) is 2.47. The number of rotatable bonds is 3. The van der Waals surface area contributed by atoms with E-state index < -0.39 is 0 Å². The molecule has 2 rings (SSSR count). The molecule has 1 aliphatic rings. The maximum atomic E-state index is 11.9. The van der Waals surface area contributed by atoms with E-state index in [4.69, 9.17) is 9.47 Å². The third kappa shape index (κ3) is 2.27. The second-order valence-corrected chi connectivity index (χ2v) is 5.34. The average Bonchev–Trinajstić information content (AvgIpc) is 2.73. The molecule has 0 radical (unpaired) electrons. The van der Waals surface area contributed by atoms with E-state index in [2.05, 4.69) is 18.7 Å². The normalized spacial score (nSPS) is 21.3. The van der Waals surface area contributed by atoms with Crippen LogP contribution in [0.4, 0.5) is 5.69 Å². The van der Waals surface area contributed by atoms with Gasteiger partial charge in [-0.2, -0.15) is 0 Å². The Morgan fingerprint density at radius 3 is 2.63 bits per heavy atom. The van der Waals surface area contributed by atoms with Gasteiger partial charge in [0.1, 0.15) is 5.75 Å². The SMILES string of the molecule is COC(=O)C1CCN(c2ccccc2OC)C1(C)C. The largest absolute Gasteiger partial charge is 0.495 e. The van der Waals surface area contributed by atoms with E-state index in [1.165, 1.54) is 7.11 Å². The summed E-state index contributed by atoms with van der Waals surface area (Å²) in [4.78, 5) is 14.1. The lowest BCUT2D eigenvalue weighted by molar-refractivity contribution is -0.146. The van der Waals surface area contributed by atoms with Crippen molar-refractivity contribution in [2.24, 2.45) is 5.92 Å². The molecule has 19 heavy (non-hydrogen) atoms. The average molecular weight is 263 g/mol. The molecule has 0 aliphatic carbocycles. The predicted molar refractivity (Wildman–Crippen MR) is 74.5 cm³/mol. The van der Waals surface area contributed by atoms with Crippen molar-refractivity contribution in [2.75, 3.05) is 25.7 Å². The number of methoxy groups -OCH3 is 2. The maximum absolute atomic E-state index is 11.9. The van der Waals surface area contributed by atoms with Gasteiger partial charge in [0.25, 0.3) is 0 Å². The highest BCUT2D eigenvalue weighted by molar-refractivity contribution is 5.77. The van der Waals surface area contributed by atoms with Gasteiger partial charge in [0, 0.05) is 12.1 Å². The van der Waals surface area contributed by atoms with Crippen LogP contribution in [0, 0.1) is 5.92 Å². The fraction of sp³-hybridized carbons (Fsp3) is 0.533.